The van der Waals surface area contributed by atoms with E-state index in [0.29, 0.717) is 11.3 Å². The minimum Gasteiger partial charge on any atom is -0.478 e. The van der Waals surface area contributed by atoms with Crippen LogP contribution < -0.4 is 0 Å². The van der Waals surface area contributed by atoms with Gasteiger partial charge in [-0.3, -0.25) is 0 Å². The molecular weight excluding hydrogens is 188 g/mol. The first-order chi connectivity index (χ1) is 7.01. The quantitative estimate of drug-likeness (QED) is 0.569. The van der Waals surface area contributed by atoms with Crippen molar-refractivity contribution in [2.24, 2.45) is 17.3 Å². The molecule has 0 aromatic heterocycles. The van der Waals surface area contributed by atoms with Crippen molar-refractivity contribution in [2.75, 3.05) is 0 Å². The molecular formula is C13H18O2. The van der Waals surface area contributed by atoms with Gasteiger partial charge in [0, 0.05) is 6.08 Å². The van der Waals surface area contributed by atoms with Gasteiger partial charge in [0.05, 0.1) is 0 Å². The number of carboxylic acids is 1. The van der Waals surface area contributed by atoms with Gasteiger partial charge in [-0.2, -0.15) is 0 Å². The Hall–Kier alpha value is -1.05. The summed E-state index contributed by atoms with van der Waals surface area (Å²) >= 11 is 0. The first-order valence-corrected chi connectivity index (χ1v) is 5.60. The van der Waals surface area contributed by atoms with Crippen molar-refractivity contribution >= 4 is 5.97 Å². The molecule has 3 rings (SSSR count). The number of hydrogen-bond acceptors (Lipinski definition) is 1. The predicted octanol–water partition coefficient (Wildman–Crippen LogP) is 3.01. The minimum absolute atomic E-state index is 0.446. The highest BCUT2D eigenvalue weighted by atomic mass is 16.4. The topological polar surface area (TPSA) is 37.3 Å². The van der Waals surface area contributed by atoms with E-state index in [1.165, 1.54) is 24.5 Å². The smallest absolute Gasteiger partial charge is 0.327 e. The van der Waals surface area contributed by atoms with E-state index in [-0.39, 0.29) is 0 Å². The van der Waals surface area contributed by atoms with Gasteiger partial charge >= 0.3 is 5.97 Å². The monoisotopic (exact) mass is 206 g/mol. The van der Waals surface area contributed by atoms with Crippen molar-refractivity contribution in [1.29, 1.82) is 0 Å². The van der Waals surface area contributed by atoms with E-state index in [9.17, 15) is 4.79 Å². The molecule has 3 aliphatic carbocycles. The summed E-state index contributed by atoms with van der Waals surface area (Å²) in [4.78, 5) is 10.4. The molecule has 0 radical (unpaired) electrons. The Bertz CT molecular complexity index is 336. The molecule has 15 heavy (non-hydrogen) atoms. The van der Waals surface area contributed by atoms with Gasteiger partial charge in [0.1, 0.15) is 0 Å². The molecule has 2 bridgehead atoms. The number of fused-ring (bicyclic) bond motifs is 1. The van der Waals surface area contributed by atoms with E-state index in [1.54, 1.807) is 6.08 Å². The van der Waals surface area contributed by atoms with Crippen LogP contribution in [0.4, 0.5) is 0 Å². The summed E-state index contributed by atoms with van der Waals surface area (Å²) in [5.74, 6) is 0.696. The van der Waals surface area contributed by atoms with Gasteiger partial charge in [-0.05, 0) is 36.5 Å². The third-order valence-electron chi connectivity index (χ3n) is 4.20. The number of rotatable bonds is 3. The van der Waals surface area contributed by atoms with Crippen LogP contribution in [0.15, 0.2) is 23.8 Å². The van der Waals surface area contributed by atoms with E-state index in [4.69, 9.17) is 5.11 Å². The second kappa shape index (κ2) is 3.51. The molecule has 1 saturated carbocycles. The van der Waals surface area contributed by atoms with Crippen LogP contribution >= 0.6 is 0 Å². The van der Waals surface area contributed by atoms with Crippen molar-refractivity contribution in [3.63, 3.8) is 0 Å². The van der Waals surface area contributed by atoms with E-state index >= 15 is 0 Å². The zero-order valence-electron chi connectivity index (χ0n) is 9.36. The molecule has 82 valence electrons. The summed E-state index contributed by atoms with van der Waals surface area (Å²) in [7, 11) is 0. The maximum absolute atomic E-state index is 10.4. The average Bonchev–Trinajstić information content (AvgIpc) is 2.17. The third kappa shape index (κ3) is 1.73. The standard InChI is InChI=1S/C13H18O2/c1-13(2)10-7-6-9(11(13)8-10)4-3-5-12(14)15/h3,5-6,10-11H,4,7-8H2,1-2H3,(H,14,15). The SMILES string of the molecule is CC1(C)C2CC=C(CC=CC(=O)O)C1C2. The summed E-state index contributed by atoms with van der Waals surface area (Å²) in [6, 6.07) is 0. The molecule has 0 aliphatic heterocycles. The number of aliphatic carboxylic acids is 1. The van der Waals surface area contributed by atoms with Crippen LogP contribution in [0.25, 0.3) is 0 Å². The minimum atomic E-state index is -0.850. The number of carbonyl (C=O) groups is 1. The number of hydrogen-bond donors (Lipinski definition) is 1. The van der Waals surface area contributed by atoms with Gasteiger partial charge in [-0.1, -0.05) is 31.6 Å². The molecule has 0 spiro atoms. The van der Waals surface area contributed by atoms with Gasteiger partial charge in [0.2, 0.25) is 0 Å². The third-order valence-corrected chi connectivity index (χ3v) is 4.20. The molecule has 1 fully saturated rings. The lowest BCUT2D eigenvalue weighted by Gasteiger charge is -2.56. The van der Waals surface area contributed by atoms with Crippen molar-refractivity contribution in [3.8, 4) is 0 Å². The fraction of sp³-hybridized carbons (Fsp3) is 0.615. The van der Waals surface area contributed by atoms with Crippen LogP contribution in [0.2, 0.25) is 0 Å². The first kappa shape index (κ1) is 10.5. The molecule has 0 amide bonds. The largest absolute Gasteiger partial charge is 0.478 e. The molecule has 2 nitrogen and oxygen atoms in total. The Labute approximate surface area is 90.7 Å². The van der Waals surface area contributed by atoms with Crippen LogP contribution in [0.1, 0.15) is 33.1 Å². The zero-order valence-corrected chi connectivity index (χ0v) is 9.36. The normalized spacial score (nSPS) is 32.3. The Balaban J connectivity index is 2.00. The van der Waals surface area contributed by atoms with Crippen LogP contribution in [0, 0.1) is 17.3 Å². The van der Waals surface area contributed by atoms with E-state index in [0.717, 1.165) is 12.3 Å². The summed E-state index contributed by atoms with van der Waals surface area (Å²) in [6.45, 7) is 4.67. The molecule has 2 heteroatoms. The maximum atomic E-state index is 10.4. The Morgan fingerprint density at radius 1 is 1.67 bits per heavy atom. The summed E-state index contributed by atoms with van der Waals surface area (Å²) < 4.78 is 0. The highest BCUT2D eigenvalue weighted by molar-refractivity contribution is 5.79. The zero-order chi connectivity index (χ0) is 11.1. The second-order valence-electron chi connectivity index (χ2n) is 5.27. The molecule has 0 aromatic rings. The van der Waals surface area contributed by atoms with Crippen molar-refractivity contribution in [1.82, 2.24) is 0 Å². The molecule has 2 unspecified atom stereocenters. The first-order valence-electron chi connectivity index (χ1n) is 5.60. The second-order valence-corrected chi connectivity index (χ2v) is 5.27. The Morgan fingerprint density at radius 2 is 2.40 bits per heavy atom. The molecule has 0 heterocycles. The molecule has 0 saturated heterocycles. The van der Waals surface area contributed by atoms with E-state index < -0.39 is 5.97 Å². The lowest BCUT2D eigenvalue weighted by molar-refractivity contribution is -0.131. The highest BCUT2D eigenvalue weighted by Crippen LogP contribution is 2.59. The number of carboxylic acid groups (broad SMARTS) is 1. The summed E-state index contributed by atoms with van der Waals surface area (Å²) in [5, 5.41) is 8.52. The van der Waals surface area contributed by atoms with Gasteiger partial charge in [0.15, 0.2) is 0 Å². The fourth-order valence-corrected chi connectivity index (χ4v) is 3.00. The molecule has 0 aromatic carbocycles. The molecule has 3 aliphatic rings. The molecule has 2 atom stereocenters. The average molecular weight is 206 g/mol. The lowest BCUT2D eigenvalue weighted by atomic mass is 9.48. The number of allylic oxidation sites excluding steroid dienone is 3. The molecule has 1 N–H and O–H groups in total. The van der Waals surface area contributed by atoms with Crippen LogP contribution in [0.5, 0.6) is 0 Å². The van der Waals surface area contributed by atoms with E-state index in [2.05, 4.69) is 19.9 Å². The van der Waals surface area contributed by atoms with E-state index in [1.807, 2.05) is 0 Å². The Morgan fingerprint density at radius 3 is 2.93 bits per heavy atom. The van der Waals surface area contributed by atoms with Crippen LogP contribution in [0.3, 0.4) is 0 Å². The van der Waals surface area contributed by atoms with Gasteiger partial charge in [-0.25, -0.2) is 4.79 Å². The predicted molar refractivity (Wildman–Crippen MR) is 59.5 cm³/mol. The maximum Gasteiger partial charge on any atom is 0.327 e. The highest BCUT2D eigenvalue weighted by Gasteiger charge is 2.50. The Kier molecular flexibility index (Phi) is 2.45. The van der Waals surface area contributed by atoms with Crippen molar-refractivity contribution < 1.29 is 9.90 Å². The van der Waals surface area contributed by atoms with Crippen LogP contribution in [-0.2, 0) is 4.79 Å². The fourth-order valence-electron chi connectivity index (χ4n) is 3.00. The van der Waals surface area contributed by atoms with Gasteiger partial charge < -0.3 is 5.11 Å². The summed E-state index contributed by atoms with van der Waals surface area (Å²) in [6.07, 6.45) is 8.63. The van der Waals surface area contributed by atoms with Gasteiger partial charge in [0.25, 0.3) is 0 Å². The van der Waals surface area contributed by atoms with Crippen molar-refractivity contribution in [3.05, 3.63) is 23.8 Å². The lowest BCUT2D eigenvalue weighted by Crippen LogP contribution is -2.47. The van der Waals surface area contributed by atoms with Crippen molar-refractivity contribution in [2.45, 2.75) is 33.1 Å². The summed E-state index contributed by atoms with van der Waals surface area (Å²) in [5.41, 5.74) is 1.89. The van der Waals surface area contributed by atoms with Gasteiger partial charge in [-0.15, -0.1) is 0 Å². The van der Waals surface area contributed by atoms with Crippen LogP contribution in [-0.4, -0.2) is 11.1 Å².